The first-order valence-electron chi connectivity index (χ1n) is 6.86. The molecule has 1 aromatic carbocycles. The molecular weight excluding hydrogens is 256 g/mol. The Morgan fingerprint density at radius 3 is 2.70 bits per heavy atom. The normalized spacial score (nSPS) is 10.4. The van der Waals surface area contributed by atoms with E-state index in [1.54, 1.807) is 13.2 Å². The Bertz CT molecular complexity index is 433. The predicted molar refractivity (Wildman–Crippen MR) is 79.1 cm³/mol. The summed E-state index contributed by atoms with van der Waals surface area (Å²) in [5.41, 5.74) is 1.00. The van der Waals surface area contributed by atoms with Crippen LogP contribution in [0.1, 0.15) is 26.3 Å². The van der Waals surface area contributed by atoms with Gasteiger partial charge in [0.2, 0.25) is 0 Å². The molecule has 0 fully saturated rings. The molecule has 0 aliphatic rings. The molecule has 0 aliphatic heterocycles. The van der Waals surface area contributed by atoms with Crippen LogP contribution in [0.5, 0.6) is 11.5 Å². The summed E-state index contributed by atoms with van der Waals surface area (Å²) in [7, 11) is 1.61. The van der Waals surface area contributed by atoms with Gasteiger partial charge in [-0.2, -0.15) is 0 Å². The van der Waals surface area contributed by atoms with Crippen LogP contribution in [-0.2, 0) is 11.3 Å². The van der Waals surface area contributed by atoms with Gasteiger partial charge in [0.25, 0.3) is 5.91 Å². The number of benzene rings is 1. The molecule has 0 bridgehead atoms. The Morgan fingerprint density at radius 1 is 1.35 bits per heavy atom. The number of carbonyl (C=O) groups is 1. The molecule has 1 amide bonds. The minimum Gasteiger partial charge on any atom is -0.497 e. The number of hydrogen-bond acceptors (Lipinski definition) is 4. The summed E-state index contributed by atoms with van der Waals surface area (Å²) in [5, 5.41) is 6.03. The van der Waals surface area contributed by atoms with E-state index in [0.29, 0.717) is 18.0 Å². The number of amides is 1. The third-order valence-corrected chi connectivity index (χ3v) is 2.65. The van der Waals surface area contributed by atoms with Crippen molar-refractivity contribution in [3.05, 3.63) is 23.8 Å². The third kappa shape index (κ3) is 5.48. The van der Waals surface area contributed by atoms with Gasteiger partial charge in [0.1, 0.15) is 11.5 Å². The zero-order valence-electron chi connectivity index (χ0n) is 12.7. The Balaban J connectivity index is 2.71. The maximum Gasteiger partial charge on any atom is 0.258 e. The van der Waals surface area contributed by atoms with Gasteiger partial charge in [0, 0.05) is 24.2 Å². The lowest BCUT2D eigenvalue weighted by Gasteiger charge is -2.14. The fourth-order valence-electron chi connectivity index (χ4n) is 1.71. The molecule has 2 N–H and O–H groups in total. The molecule has 0 saturated heterocycles. The van der Waals surface area contributed by atoms with Crippen LogP contribution < -0.4 is 20.1 Å². The highest BCUT2D eigenvalue weighted by atomic mass is 16.5. The number of carbonyl (C=O) groups excluding carboxylic acids is 1. The molecule has 5 nitrogen and oxygen atoms in total. The molecule has 0 aromatic heterocycles. The van der Waals surface area contributed by atoms with Crippen molar-refractivity contribution in [1.82, 2.24) is 10.6 Å². The first-order chi connectivity index (χ1) is 9.56. The van der Waals surface area contributed by atoms with Crippen molar-refractivity contribution in [1.29, 1.82) is 0 Å². The standard InChI is InChI=1S/C15H24N2O3/c1-5-16-9-12-6-7-13(19-4)8-14(12)20-10-15(18)17-11(2)3/h6-8,11,16H,5,9-10H2,1-4H3,(H,17,18). The van der Waals surface area contributed by atoms with E-state index in [2.05, 4.69) is 10.6 Å². The van der Waals surface area contributed by atoms with E-state index in [4.69, 9.17) is 9.47 Å². The van der Waals surface area contributed by atoms with E-state index >= 15 is 0 Å². The fourth-order valence-corrected chi connectivity index (χ4v) is 1.71. The maximum atomic E-state index is 11.6. The summed E-state index contributed by atoms with van der Waals surface area (Å²) in [6, 6.07) is 5.73. The summed E-state index contributed by atoms with van der Waals surface area (Å²) in [4.78, 5) is 11.6. The Kier molecular flexibility index (Phi) is 6.87. The van der Waals surface area contributed by atoms with Crippen molar-refractivity contribution >= 4 is 5.91 Å². The summed E-state index contributed by atoms with van der Waals surface area (Å²) in [6.45, 7) is 7.45. The highest BCUT2D eigenvalue weighted by Crippen LogP contribution is 2.24. The molecule has 0 radical (unpaired) electrons. The lowest BCUT2D eigenvalue weighted by molar-refractivity contribution is -0.123. The van der Waals surface area contributed by atoms with E-state index in [9.17, 15) is 4.79 Å². The molecule has 0 spiro atoms. The topological polar surface area (TPSA) is 59.6 Å². The molecule has 112 valence electrons. The van der Waals surface area contributed by atoms with Crippen molar-refractivity contribution in [2.24, 2.45) is 0 Å². The predicted octanol–water partition coefficient (Wildman–Crippen LogP) is 1.71. The lowest BCUT2D eigenvalue weighted by atomic mass is 10.2. The lowest BCUT2D eigenvalue weighted by Crippen LogP contribution is -2.34. The van der Waals surface area contributed by atoms with Gasteiger partial charge >= 0.3 is 0 Å². The van der Waals surface area contributed by atoms with Crippen molar-refractivity contribution in [2.45, 2.75) is 33.4 Å². The van der Waals surface area contributed by atoms with E-state index in [0.717, 1.165) is 12.1 Å². The number of ether oxygens (including phenoxy) is 2. The summed E-state index contributed by atoms with van der Waals surface area (Å²) in [6.07, 6.45) is 0. The molecule has 1 rings (SSSR count). The number of methoxy groups -OCH3 is 1. The molecular formula is C15H24N2O3. The van der Waals surface area contributed by atoms with Crippen LogP contribution in [0, 0.1) is 0 Å². The van der Waals surface area contributed by atoms with Gasteiger partial charge in [-0.15, -0.1) is 0 Å². The first kappa shape index (κ1) is 16.3. The van der Waals surface area contributed by atoms with Crippen molar-refractivity contribution in [3.8, 4) is 11.5 Å². The average Bonchev–Trinajstić information content (AvgIpc) is 2.42. The second-order valence-corrected chi connectivity index (χ2v) is 4.76. The molecule has 0 saturated carbocycles. The zero-order chi connectivity index (χ0) is 15.0. The summed E-state index contributed by atoms with van der Waals surface area (Å²) in [5.74, 6) is 1.26. The molecule has 1 aromatic rings. The van der Waals surface area contributed by atoms with Crippen molar-refractivity contribution in [2.75, 3.05) is 20.3 Å². The Hall–Kier alpha value is -1.75. The zero-order valence-corrected chi connectivity index (χ0v) is 12.7. The molecule has 0 aliphatic carbocycles. The van der Waals surface area contributed by atoms with Gasteiger partial charge in [-0.05, 0) is 26.5 Å². The van der Waals surface area contributed by atoms with Gasteiger partial charge in [-0.3, -0.25) is 4.79 Å². The number of hydrogen-bond donors (Lipinski definition) is 2. The van der Waals surface area contributed by atoms with Gasteiger partial charge in [0.05, 0.1) is 7.11 Å². The van der Waals surface area contributed by atoms with E-state index in [1.807, 2.05) is 32.9 Å². The van der Waals surface area contributed by atoms with Crippen LogP contribution in [-0.4, -0.2) is 32.2 Å². The molecule has 0 atom stereocenters. The van der Waals surface area contributed by atoms with Gasteiger partial charge < -0.3 is 20.1 Å². The molecule has 20 heavy (non-hydrogen) atoms. The van der Waals surface area contributed by atoms with Gasteiger partial charge in [-0.25, -0.2) is 0 Å². The fraction of sp³-hybridized carbons (Fsp3) is 0.533. The first-order valence-corrected chi connectivity index (χ1v) is 6.86. The van der Waals surface area contributed by atoms with Crippen molar-refractivity contribution in [3.63, 3.8) is 0 Å². The highest BCUT2D eigenvalue weighted by Gasteiger charge is 2.09. The van der Waals surface area contributed by atoms with E-state index in [1.165, 1.54) is 0 Å². The molecule has 0 heterocycles. The minimum absolute atomic E-state index is 0.00444. The quantitative estimate of drug-likeness (QED) is 0.761. The van der Waals surface area contributed by atoms with Crippen LogP contribution in [0.4, 0.5) is 0 Å². The monoisotopic (exact) mass is 280 g/mol. The average molecular weight is 280 g/mol. The Morgan fingerprint density at radius 2 is 2.10 bits per heavy atom. The number of nitrogens with one attached hydrogen (secondary N) is 2. The number of rotatable bonds is 8. The van der Waals surface area contributed by atoms with Crippen LogP contribution in [0.3, 0.4) is 0 Å². The Labute approximate surface area is 120 Å². The molecule has 5 heteroatoms. The van der Waals surface area contributed by atoms with Crippen LogP contribution in [0.25, 0.3) is 0 Å². The van der Waals surface area contributed by atoms with Crippen LogP contribution in [0.2, 0.25) is 0 Å². The second kappa shape index (κ2) is 8.43. The van der Waals surface area contributed by atoms with Crippen molar-refractivity contribution < 1.29 is 14.3 Å². The van der Waals surface area contributed by atoms with E-state index in [-0.39, 0.29) is 18.6 Å². The SMILES string of the molecule is CCNCc1ccc(OC)cc1OCC(=O)NC(C)C. The molecule has 0 unspecified atom stereocenters. The highest BCUT2D eigenvalue weighted by molar-refractivity contribution is 5.77. The van der Waals surface area contributed by atoms with Gasteiger partial charge in [0.15, 0.2) is 6.61 Å². The summed E-state index contributed by atoms with van der Waals surface area (Å²) < 4.78 is 10.8. The van der Waals surface area contributed by atoms with Gasteiger partial charge in [-0.1, -0.05) is 13.0 Å². The van der Waals surface area contributed by atoms with E-state index < -0.39 is 0 Å². The largest absolute Gasteiger partial charge is 0.497 e. The smallest absolute Gasteiger partial charge is 0.258 e. The summed E-state index contributed by atoms with van der Waals surface area (Å²) >= 11 is 0. The maximum absolute atomic E-state index is 11.6. The van der Waals surface area contributed by atoms with Crippen LogP contribution in [0.15, 0.2) is 18.2 Å². The third-order valence-electron chi connectivity index (χ3n) is 2.65. The minimum atomic E-state index is -0.128. The second-order valence-electron chi connectivity index (χ2n) is 4.76. The van der Waals surface area contributed by atoms with Crippen LogP contribution >= 0.6 is 0 Å².